The molecule has 0 spiro atoms. The van der Waals surface area contributed by atoms with E-state index in [2.05, 4.69) is 0 Å². The van der Waals surface area contributed by atoms with Gasteiger partial charge in [-0.1, -0.05) is 11.6 Å². The number of carbonyl (C=O) groups is 1. The van der Waals surface area contributed by atoms with E-state index in [1.165, 1.54) is 11.3 Å². The van der Waals surface area contributed by atoms with Gasteiger partial charge in [-0.25, -0.2) is 0 Å². The summed E-state index contributed by atoms with van der Waals surface area (Å²) in [4.78, 5) is 13.6. The number of thiophene rings is 2. The Kier molecular flexibility index (Phi) is 2.72. The maximum absolute atomic E-state index is 11.9. The van der Waals surface area contributed by atoms with Crippen molar-refractivity contribution in [3.05, 3.63) is 43.2 Å². The molecule has 4 heteroatoms. The molecule has 0 saturated carbocycles. The van der Waals surface area contributed by atoms with Gasteiger partial charge in [-0.15, -0.1) is 22.7 Å². The average molecular weight is 243 g/mol. The Balaban J connectivity index is 2.38. The molecule has 0 atom stereocenters. The zero-order valence-corrected chi connectivity index (χ0v) is 9.80. The minimum atomic E-state index is 0.0225. The van der Waals surface area contributed by atoms with Gasteiger partial charge < -0.3 is 0 Å². The van der Waals surface area contributed by atoms with E-state index in [4.69, 9.17) is 11.6 Å². The normalized spacial score (nSPS) is 10.4. The third-order valence-corrected chi connectivity index (χ3v) is 4.02. The van der Waals surface area contributed by atoms with Crippen LogP contribution < -0.4 is 0 Å². The van der Waals surface area contributed by atoms with E-state index in [-0.39, 0.29) is 5.78 Å². The number of ketones is 1. The standard InChI is InChI=1S/C10H7ClOS2/c1-6-4-7(5-14-6)9(12)10-8(11)2-3-13-10/h2-5H,1H3. The van der Waals surface area contributed by atoms with Crippen LogP contribution in [-0.2, 0) is 0 Å². The Morgan fingerprint density at radius 1 is 1.43 bits per heavy atom. The number of hydrogen-bond donors (Lipinski definition) is 0. The van der Waals surface area contributed by atoms with Crippen molar-refractivity contribution in [2.75, 3.05) is 0 Å². The lowest BCUT2D eigenvalue weighted by Gasteiger charge is -1.93. The van der Waals surface area contributed by atoms with Crippen molar-refractivity contribution >= 4 is 40.1 Å². The Morgan fingerprint density at radius 2 is 2.21 bits per heavy atom. The molecular formula is C10H7ClOS2. The molecule has 0 unspecified atom stereocenters. The lowest BCUT2D eigenvalue weighted by atomic mass is 10.2. The van der Waals surface area contributed by atoms with Gasteiger partial charge >= 0.3 is 0 Å². The van der Waals surface area contributed by atoms with Crippen LogP contribution in [0.25, 0.3) is 0 Å². The highest BCUT2D eigenvalue weighted by atomic mass is 35.5. The van der Waals surface area contributed by atoms with Gasteiger partial charge in [0.15, 0.2) is 0 Å². The van der Waals surface area contributed by atoms with Gasteiger partial charge in [0, 0.05) is 15.8 Å². The molecule has 2 aromatic rings. The predicted octanol–water partition coefficient (Wildman–Crippen LogP) is 4.00. The first-order chi connectivity index (χ1) is 6.68. The van der Waals surface area contributed by atoms with Crippen molar-refractivity contribution in [2.24, 2.45) is 0 Å². The third-order valence-electron chi connectivity index (χ3n) is 1.82. The van der Waals surface area contributed by atoms with Crippen molar-refractivity contribution in [2.45, 2.75) is 6.92 Å². The van der Waals surface area contributed by atoms with Gasteiger partial charge in [0.05, 0.1) is 9.90 Å². The summed E-state index contributed by atoms with van der Waals surface area (Å²) in [5.41, 5.74) is 0.733. The zero-order valence-electron chi connectivity index (χ0n) is 7.41. The summed E-state index contributed by atoms with van der Waals surface area (Å²) in [5.74, 6) is 0.0225. The number of hydrogen-bond acceptors (Lipinski definition) is 3. The van der Waals surface area contributed by atoms with Crippen LogP contribution in [0.4, 0.5) is 0 Å². The van der Waals surface area contributed by atoms with Gasteiger partial charge in [0.2, 0.25) is 5.78 Å². The van der Waals surface area contributed by atoms with Crippen molar-refractivity contribution in [1.29, 1.82) is 0 Å². The molecule has 2 aromatic heterocycles. The second-order valence-electron chi connectivity index (χ2n) is 2.87. The summed E-state index contributed by atoms with van der Waals surface area (Å²) in [6.45, 7) is 1.98. The highest BCUT2D eigenvalue weighted by Crippen LogP contribution is 2.26. The zero-order chi connectivity index (χ0) is 10.1. The summed E-state index contributed by atoms with van der Waals surface area (Å²) < 4.78 is 0. The van der Waals surface area contributed by atoms with Gasteiger partial charge in [-0.3, -0.25) is 4.79 Å². The van der Waals surface area contributed by atoms with Crippen molar-refractivity contribution in [3.63, 3.8) is 0 Å². The molecular weight excluding hydrogens is 236 g/mol. The quantitative estimate of drug-likeness (QED) is 0.728. The lowest BCUT2D eigenvalue weighted by molar-refractivity contribution is 0.104. The first-order valence-corrected chi connectivity index (χ1v) is 6.15. The van der Waals surface area contributed by atoms with E-state index in [1.54, 1.807) is 17.4 Å². The maximum Gasteiger partial charge on any atom is 0.205 e. The lowest BCUT2D eigenvalue weighted by Crippen LogP contribution is -1.96. The molecule has 2 rings (SSSR count). The molecule has 0 aromatic carbocycles. The monoisotopic (exact) mass is 242 g/mol. The molecule has 72 valence electrons. The van der Waals surface area contributed by atoms with Crippen LogP contribution in [-0.4, -0.2) is 5.78 Å². The Bertz CT molecular complexity index is 470. The molecule has 14 heavy (non-hydrogen) atoms. The topological polar surface area (TPSA) is 17.1 Å². The van der Waals surface area contributed by atoms with Crippen LogP contribution in [0.2, 0.25) is 5.02 Å². The third kappa shape index (κ3) is 1.75. The smallest absolute Gasteiger partial charge is 0.205 e. The van der Waals surface area contributed by atoms with Crippen LogP contribution in [0.3, 0.4) is 0 Å². The molecule has 1 nitrogen and oxygen atoms in total. The summed E-state index contributed by atoms with van der Waals surface area (Å²) in [6.07, 6.45) is 0. The Labute approximate surface area is 95.0 Å². The summed E-state index contributed by atoms with van der Waals surface area (Å²) in [6, 6.07) is 3.64. The summed E-state index contributed by atoms with van der Waals surface area (Å²) in [7, 11) is 0. The SMILES string of the molecule is Cc1cc(C(=O)c2sccc2Cl)cs1. The fraction of sp³-hybridized carbons (Fsp3) is 0.100. The van der Waals surface area contributed by atoms with Gasteiger partial charge in [0.25, 0.3) is 0 Å². The minimum absolute atomic E-state index is 0.0225. The highest BCUT2D eigenvalue weighted by molar-refractivity contribution is 7.13. The molecule has 2 heterocycles. The molecule has 0 bridgehead atoms. The van der Waals surface area contributed by atoms with E-state index in [9.17, 15) is 4.79 Å². The van der Waals surface area contributed by atoms with E-state index in [0.29, 0.717) is 9.90 Å². The van der Waals surface area contributed by atoms with E-state index < -0.39 is 0 Å². The van der Waals surface area contributed by atoms with Gasteiger partial charge in [-0.2, -0.15) is 0 Å². The van der Waals surface area contributed by atoms with Crippen molar-refractivity contribution in [3.8, 4) is 0 Å². The molecule has 0 aliphatic carbocycles. The van der Waals surface area contributed by atoms with Gasteiger partial charge in [-0.05, 0) is 24.4 Å². The summed E-state index contributed by atoms with van der Waals surface area (Å²) in [5, 5.41) is 4.24. The first kappa shape index (κ1) is 9.90. The molecule has 0 saturated heterocycles. The van der Waals surface area contributed by atoms with Crippen LogP contribution >= 0.6 is 34.3 Å². The van der Waals surface area contributed by atoms with E-state index >= 15 is 0 Å². The van der Waals surface area contributed by atoms with Gasteiger partial charge in [0.1, 0.15) is 0 Å². The van der Waals surface area contributed by atoms with Crippen LogP contribution in [0.15, 0.2) is 22.9 Å². The van der Waals surface area contributed by atoms with E-state index in [0.717, 1.165) is 10.4 Å². The maximum atomic E-state index is 11.9. The largest absolute Gasteiger partial charge is 0.288 e. The molecule has 0 amide bonds. The minimum Gasteiger partial charge on any atom is -0.288 e. The van der Waals surface area contributed by atoms with E-state index in [1.807, 2.05) is 23.8 Å². The fourth-order valence-corrected chi connectivity index (χ4v) is 2.94. The Morgan fingerprint density at radius 3 is 2.71 bits per heavy atom. The number of carbonyl (C=O) groups excluding carboxylic acids is 1. The first-order valence-electron chi connectivity index (χ1n) is 4.01. The Hall–Kier alpha value is -0.640. The molecule has 0 fully saturated rings. The van der Waals surface area contributed by atoms with Crippen LogP contribution in [0.1, 0.15) is 20.1 Å². The number of aryl methyl sites for hydroxylation is 1. The average Bonchev–Trinajstić information content (AvgIpc) is 2.73. The molecule has 0 aliphatic heterocycles. The second-order valence-corrected chi connectivity index (χ2v) is 5.31. The number of halogens is 1. The summed E-state index contributed by atoms with van der Waals surface area (Å²) >= 11 is 8.85. The molecule has 0 radical (unpaired) electrons. The number of rotatable bonds is 2. The predicted molar refractivity (Wildman–Crippen MR) is 61.8 cm³/mol. The highest BCUT2D eigenvalue weighted by Gasteiger charge is 2.14. The van der Waals surface area contributed by atoms with Crippen LogP contribution in [0, 0.1) is 6.92 Å². The van der Waals surface area contributed by atoms with Crippen molar-refractivity contribution < 1.29 is 4.79 Å². The van der Waals surface area contributed by atoms with Crippen molar-refractivity contribution in [1.82, 2.24) is 0 Å². The molecule has 0 N–H and O–H groups in total. The molecule has 0 aliphatic rings. The second kappa shape index (κ2) is 3.85. The fourth-order valence-electron chi connectivity index (χ4n) is 1.15. The van der Waals surface area contributed by atoms with Crippen LogP contribution in [0.5, 0.6) is 0 Å².